The molecule has 0 fully saturated rings. The molecule has 5 atom stereocenters. The number of hydrogen-bond donors (Lipinski definition) is 2. The van der Waals surface area contributed by atoms with Crippen LogP contribution >= 0.6 is 0 Å². The summed E-state index contributed by atoms with van der Waals surface area (Å²) in [6.45, 7) is 0. The molecule has 0 amide bonds. The molecule has 3 N–H and O–H groups in total. The van der Waals surface area contributed by atoms with Gasteiger partial charge in [0.2, 0.25) is 0 Å². The van der Waals surface area contributed by atoms with E-state index in [4.69, 9.17) is 15.6 Å². The van der Waals surface area contributed by atoms with Gasteiger partial charge in [-0.3, -0.25) is 9.99 Å². The van der Waals surface area contributed by atoms with Gasteiger partial charge in [-0.25, -0.2) is 4.79 Å². The van der Waals surface area contributed by atoms with Crippen molar-refractivity contribution in [2.75, 3.05) is 7.11 Å². The van der Waals surface area contributed by atoms with E-state index in [1.165, 1.54) is 7.11 Å². The number of carbonyl (C=O) groups excluding carboxylic acids is 1. The summed E-state index contributed by atoms with van der Waals surface area (Å²) in [5.74, 6) is -1.09. The number of pyridine rings is 1. The number of nitrogens with two attached hydrogens (primary N) is 1. The van der Waals surface area contributed by atoms with Gasteiger partial charge in [-0.1, -0.05) is 78.9 Å². The monoisotopic (exact) mass is 454 g/mol. The molecule has 3 aromatic rings. The molecule has 0 saturated heterocycles. The van der Waals surface area contributed by atoms with Gasteiger partial charge in [-0.05, 0) is 22.8 Å². The Bertz CT molecular complexity index is 1220. The summed E-state index contributed by atoms with van der Waals surface area (Å²) in [6, 6.07) is 21.8. The van der Waals surface area contributed by atoms with Crippen LogP contribution in [0.1, 0.15) is 34.7 Å². The van der Waals surface area contributed by atoms with Crippen molar-refractivity contribution in [1.29, 1.82) is 0 Å². The first-order chi connectivity index (χ1) is 16.6. The second kappa shape index (κ2) is 8.85. The molecule has 2 aliphatic rings. The maximum atomic E-state index is 13.7. The molecule has 0 spiro atoms. The third-order valence-corrected chi connectivity index (χ3v) is 6.70. The van der Waals surface area contributed by atoms with Gasteiger partial charge in [-0.2, -0.15) is 5.10 Å². The molecule has 0 radical (unpaired) electrons. The van der Waals surface area contributed by atoms with Crippen molar-refractivity contribution >= 4 is 11.7 Å². The number of benzene rings is 2. The zero-order valence-electron chi connectivity index (χ0n) is 18.7. The van der Waals surface area contributed by atoms with Crippen molar-refractivity contribution in [3.05, 3.63) is 114 Å². The smallest absolute Gasteiger partial charge is 0.337 e. The van der Waals surface area contributed by atoms with Crippen LogP contribution in [0.3, 0.4) is 0 Å². The predicted octanol–water partition coefficient (Wildman–Crippen LogP) is 3.12. The summed E-state index contributed by atoms with van der Waals surface area (Å²) in [5.41, 5.74) is 7.85. The Morgan fingerprint density at radius 3 is 2.32 bits per heavy atom. The first-order valence-corrected chi connectivity index (χ1v) is 11.2. The maximum Gasteiger partial charge on any atom is 0.337 e. The summed E-state index contributed by atoms with van der Waals surface area (Å²) in [6.07, 6.45) is 5.98. The number of aromatic nitrogens is 1. The van der Waals surface area contributed by atoms with Crippen molar-refractivity contribution in [2.24, 2.45) is 10.8 Å². The highest BCUT2D eigenvalue weighted by Gasteiger charge is 2.65. The van der Waals surface area contributed by atoms with Gasteiger partial charge in [0.05, 0.1) is 24.9 Å². The Kier molecular flexibility index (Phi) is 5.73. The summed E-state index contributed by atoms with van der Waals surface area (Å²) in [7, 11) is 1.33. The molecule has 2 aliphatic heterocycles. The highest BCUT2D eigenvalue weighted by atomic mass is 16.5. The van der Waals surface area contributed by atoms with Gasteiger partial charge in [0, 0.05) is 18.3 Å². The van der Waals surface area contributed by atoms with E-state index in [0.29, 0.717) is 11.3 Å². The summed E-state index contributed by atoms with van der Waals surface area (Å²) in [5, 5.41) is 18.4. The van der Waals surface area contributed by atoms with E-state index in [1.54, 1.807) is 23.5 Å². The van der Waals surface area contributed by atoms with Gasteiger partial charge < -0.3 is 15.6 Å². The summed E-state index contributed by atoms with van der Waals surface area (Å²) >= 11 is 0. The lowest BCUT2D eigenvalue weighted by atomic mass is 9.70. The number of aliphatic hydroxyl groups excluding tert-OH is 1. The molecular formula is C27H26N4O3. The van der Waals surface area contributed by atoms with Crippen molar-refractivity contribution in [1.82, 2.24) is 9.99 Å². The standard InChI is InChI=1S/C27H26N4O3/c1-34-26(33)27-21(18-9-4-2-5-10-18)14-15-22(19-11-6-3-7-12-19)31(27)30-24(25(27)32)23(28)20-13-8-16-29-17-20/h2-17,21-23,25,32H,28H2,1H3. The quantitative estimate of drug-likeness (QED) is 0.454. The molecule has 1 aromatic heterocycles. The number of rotatable bonds is 5. The van der Waals surface area contributed by atoms with E-state index in [2.05, 4.69) is 4.98 Å². The highest BCUT2D eigenvalue weighted by Crippen LogP contribution is 2.51. The molecule has 3 heterocycles. The number of hydrogen-bond acceptors (Lipinski definition) is 7. The first-order valence-electron chi connectivity index (χ1n) is 11.2. The van der Waals surface area contributed by atoms with Crippen LogP contribution in [0.4, 0.5) is 0 Å². The van der Waals surface area contributed by atoms with Gasteiger partial charge >= 0.3 is 5.97 Å². The van der Waals surface area contributed by atoms with E-state index in [-0.39, 0.29) is 0 Å². The van der Waals surface area contributed by atoms with Crippen molar-refractivity contribution in [2.45, 2.75) is 29.6 Å². The van der Waals surface area contributed by atoms with Crippen LogP contribution in [0.15, 0.2) is 102 Å². The van der Waals surface area contributed by atoms with Gasteiger partial charge in [0.15, 0.2) is 5.54 Å². The highest BCUT2D eigenvalue weighted by molar-refractivity contribution is 6.03. The maximum absolute atomic E-state index is 13.7. The van der Waals surface area contributed by atoms with Crippen LogP contribution in [0, 0.1) is 0 Å². The Balaban J connectivity index is 1.71. The minimum absolute atomic E-state index is 0.295. The topological polar surface area (TPSA) is 101 Å². The lowest BCUT2D eigenvalue weighted by Gasteiger charge is -2.47. The van der Waals surface area contributed by atoms with E-state index in [1.807, 2.05) is 78.9 Å². The summed E-state index contributed by atoms with van der Waals surface area (Å²) in [4.78, 5) is 17.8. The number of ether oxygens (including phenoxy) is 1. The molecule has 5 rings (SSSR count). The molecule has 0 saturated carbocycles. The number of carbonyl (C=O) groups is 1. The fourth-order valence-corrected chi connectivity index (χ4v) is 5.05. The fourth-order valence-electron chi connectivity index (χ4n) is 5.05. The average molecular weight is 455 g/mol. The summed E-state index contributed by atoms with van der Waals surface area (Å²) < 4.78 is 5.33. The number of nitrogens with zero attached hydrogens (tertiary/aromatic N) is 3. The van der Waals surface area contributed by atoms with Crippen LogP contribution in [-0.2, 0) is 9.53 Å². The first kappa shape index (κ1) is 22.0. The van der Waals surface area contributed by atoms with Crippen molar-refractivity contribution in [3.8, 4) is 0 Å². The molecule has 34 heavy (non-hydrogen) atoms. The van der Waals surface area contributed by atoms with Crippen molar-refractivity contribution < 1.29 is 14.6 Å². The van der Waals surface area contributed by atoms with E-state index >= 15 is 0 Å². The zero-order chi connectivity index (χ0) is 23.7. The SMILES string of the molecule is COC(=O)C12C(O)C(C(N)c3cccnc3)=NN1C(c1ccccc1)C=CC2c1ccccc1. The lowest BCUT2D eigenvalue weighted by Crippen LogP contribution is -2.64. The minimum Gasteiger partial charge on any atom is -0.467 e. The molecule has 5 unspecified atom stereocenters. The number of methoxy groups -OCH3 is 1. The molecule has 7 nitrogen and oxygen atoms in total. The molecular weight excluding hydrogens is 428 g/mol. The number of esters is 1. The Morgan fingerprint density at radius 1 is 1.03 bits per heavy atom. The second-order valence-corrected chi connectivity index (χ2v) is 8.48. The fraction of sp³-hybridized carbons (Fsp3) is 0.222. The normalized spacial score (nSPS) is 26.5. The molecule has 172 valence electrons. The van der Waals surface area contributed by atoms with E-state index in [9.17, 15) is 9.90 Å². The van der Waals surface area contributed by atoms with Gasteiger partial charge in [-0.15, -0.1) is 0 Å². The van der Waals surface area contributed by atoms with E-state index < -0.39 is 35.6 Å². The van der Waals surface area contributed by atoms with Crippen LogP contribution < -0.4 is 5.73 Å². The number of aliphatic hydroxyl groups is 1. The molecule has 0 aliphatic carbocycles. The minimum atomic E-state index is -1.53. The third-order valence-electron chi connectivity index (χ3n) is 6.70. The number of hydrazone groups is 1. The average Bonchev–Trinajstić information content (AvgIpc) is 3.22. The van der Waals surface area contributed by atoms with Crippen molar-refractivity contribution in [3.63, 3.8) is 0 Å². The Labute approximate surface area is 198 Å². The van der Waals surface area contributed by atoms with Gasteiger partial charge in [0.25, 0.3) is 0 Å². The van der Waals surface area contributed by atoms with Crippen LogP contribution in [0.2, 0.25) is 0 Å². The van der Waals surface area contributed by atoms with Gasteiger partial charge in [0.1, 0.15) is 6.10 Å². The third kappa shape index (κ3) is 3.32. The Hall–Kier alpha value is -3.81. The lowest BCUT2D eigenvalue weighted by molar-refractivity contribution is -0.163. The molecule has 0 bridgehead atoms. The predicted molar refractivity (Wildman–Crippen MR) is 129 cm³/mol. The zero-order valence-corrected chi connectivity index (χ0v) is 18.7. The molecule has 2 aromatic carbocycles. The molecule has 7 heteroatoms. The Morgan fingerprint density at radius 2 is 1.71 bits per heavy atom. The van der Waals surface area contributed by atoms with E-state index in [0.717, 1.165) is 11.1 Å². The van der Waals surface area contributed by atoms with Crippen LogP contribution in [0.5, 0.6) is 0 Å². The number of fused-ring (bicyclic) bond motifs is 1. The van der Waals surface area contributed by atoms with Crippen LogP contribution in [0.25, 0.3) is 0 Å². The second-order valence-electron chi connectivity index (χ2n) is 8.48. The van der Waals surface area contributed by atoms with Crippen LogP contribution in [-0.4, -0.2) is 45.5 Å². The largest absolute Gasteiger partial charge is 0.467 e.